The third-order valence-electron chi connectivity index (χ3n) is 11.6. The van der Waals surface area contributed by atoms with Crippen molar-refractivity contribution < 1.29 is 52.2 Å². The molecule has 0 spiro atoms. The van der Waals surface area contributed by atoms with Gasteiger partial charge in [0.15, 0.2) is 6.10 Å². The van der Waals surface area contributed by atoms with Gasteiger partial charge in [0, 0.05) is 19.3 Å². The zero-order valence-corrected chi connectivity index (χ0v) is 43.3. The number of hydrogen-bond acceptors (Lipinski definition) is 10. The third-order valence-corrected chi connectivity index (χ3v) is 12.5. The Hall–Kier alpha value is -2.30. The molecule has 0 aliphatic rings. The van der Waals surface area contributed by atoms with Gasteiger partial charge in [-0.3, -0.25) is 23.4 Å². The summed E-state index contributed by atoms with van der Waals surface area (Å²) < 4.78 is 39.4. The molecular formula is C54H99O11P. The molecule has 11 nitrogen and oxygen atoms in total. The van der Waals surface area contributed by atoms with E-state index in [1.54, 1.807) is 0 Å². The maximum atomic E-state index is 12.8. The molecule has 3 unspecified atom stereocenters. The second-order valence-corrected chi connectivity index (χ2v) is 19.5. The second-order valence-electron chi connectivity index (χ2n) is 18.0. The molecule has 0 aromatic carbocycles. The minimum atomic E-state index is -4.74. The molecule has 3 atom stereocenters. The number of phosphoric acid groups is 1. The van der Waals surface area contributed by atoms with E-state index in [1.807, 2.05) is 0 Å². The molecule has 386 valence electrons. The summed E-state index contributed by atoms with van der Waals surface area (Å²) >= 11 is 0. The second kappa shape index (κ2) is 49.1. The first-order chi connectivity index (χ1) is 32.2. The fourth-order valence-electron chi connectivity index (χ4n) is 7.49. The van der Waals surface area contributed by atoms with E-state index in [1.165, 1.54) is 103 Å². The van der Waals surface area contributed by atoms with Gasteiger partial charge < -0.3 is 24.2 Å². The highest BCUT2D eigenvalue weighted by molar-refractivity contribution is 7.47. The average Bonchev–Trinajstić information content (AvgIpc) is 3.30. The summed E-state index contributed by atoms with van der Waals surface area (Å²) in [5.41, 5.74) is 0. The lowest BCUT2D eigenvalue weighted by atomic mass is 10.0. The van der Waals surface area contributed by atoms with Gasteiger partial charge in [-0.1, -0.05) is 218 Å². The third kappa shape index (κ3) is 46.8. The molecule has 0 aromatic heterocycles. The summed E-state index contributed by atoms with van der Waals surface area (Å²) in [5.74, 6) is -1.47. The van der Waals surface area contributed by atoms with Crippen LogP contribution in [0.15, 0.2) is 36.5 Å². The van der Waals surface area contributed by atoms with Crippen molar-refractivity contribution in [1.82, 2.24) is 0 Å². The van der Waals surface area contributed by atoms with Crippen LogP contribution in [0, 0.1) is 0 Å². The predicted molar refractivity (Wildman–Crippen MR) is 270 cm³/mol. The Balaban J connectivity index is 4.74. The molecule has 0 radical (unpaired) electrons. The molecule has 0 aliphatic carbocycles. The van der Waals surface area contributed by atoms with E-state index in [0.717, 1.165) is 89.9 Å². The molecule has 0 aromatic rings. The summed E-state index contributed by atoms with van der Waals surface area (Å²) in [5, 5.41) is 9.77. The molecule has 0 bridgehead atoms. The summed E-state index contributed by atoms with van der Waals surface area (Å²) in [6.45, 7) is 4.52. The number of esters is 3. The summed E-state index contributed by atoms with van der Waals surface area (Å²) in [7, 11) is -4.74. The van der Waals surface area contributed by atoms with Crippen molar-refractivity contribution in [2.24, 2.45) is 0 Å². The van der Waals surface area contributed by atoms with Crippen LogP contribution < -0.4 is 0 Å². The first-order valence-corrected chi connectivity index (χ1v) is 28.4. The molecule has 0 heterocycles. The van der Waals surface area contributed by atoms with Crippen LogP contribution in [-0.2, 0) is 42.2 Å². The number of hydrogen-bond donors (Lipinski definition) is 2. The minimum Gasteiger partial charge on any atom is -0.462 e. The van der Waals surface area contributed by atoms with E-state index in [2.05, 4.69) is 57.2 Å². The number of carbonyl (C=O) groups excluding carboxylic acids is 3. The van der Waals surface area contributed by atoms with Gasteiger partial charge in [-0.15, -0.1) is 0 Å². The largest absolute Gasteiger partial charge is 0.472 e. The molecule has 12 heteroatoms. The van der Waals surface area contributed by atoms with Gasteiger partial charge in [0.25, 0.3) is 0 Å². The van der Waals surface area contributed by atoms with Gasteiger partial charge >= 0.3 is 25.7 Å². The molecule has 0 fully saturated rings. The Bertz CT molecular complexity index is 1250. The van der Waals surface area contributed by atoms with Gasteiger partial charge in [0.1, 0.15) is 12.7 Å². The molecule has 0 rings (SSSR count). The van der Waals surface area contributed by atoms with E-state index in [-0.39, 0.29) is 25.9 Å². The van der Waals surface area contributed by atoms with E-state index in [0.29, 0.717) is 19.3 Å². The van der Waals surface area contributed by atoms with Gasteiger partial charge in [-0.2, -0.15) is 0 Å². The van der Waals surface area contributed by atoms with Crippen LogP contribution >= 0.6 is 7.82 Å². The molecule has 66 heavy (non-hydrogen) atoms. The van der Waals surface area contributed by atoms with Crippen LogP contribution in [0.25, 0.3) is 0 Å². The van der Waals surface area contributed by atoms with Crippen LogP contribution in [0.3, 0.4) is 0 Å². The number of aliphatic hydroxyl groups is 1. The zero-order valence-electron chi connectivity index (χ0n) is 42.4. The fraction of sp³-hybridized carbons (Fsp3) is 0.833. The topological polar surface area (TPSA) is 155 Å². The standard InChI is InChI=1S/C54H99O11P/c1-4-7-10-13-16-19-22-24-25-27-30-33-36-39-42-45-54(58)65-51(47-61-52(56)43-40-37-34-31-29-26-23-20-17-14-11-8-5-2)49-63-66(59,60)62-48-50(46-55)64-53(57)44-41-38-35-32-28-21-18-15-12-9-6-3/h7,10,16,19,24-25,50-51,55H,4-6,8-9,11-15,17-18,20-23,26-49H2,1-3H3,(H,59,60)/b10-7-,19-16-,25-24-. The lowest BCUT2D eigenvalue weighted by Gasteiger charge is -2.21. The van der Waals surface area contributed by atoms with Crippen molar-refractivity contribution >= 4 is 25.7 Å². The normalized spacial score (nSPS) is 13.7. The van der Waals surface area contributed by atoms with Gasteiger partial charge in [0.2, 0.25) is 0 Å². The first kappa shape index (κ1) is 63.7. The molecule has 0 saturated carbocycles. The maximum absolute atomic E-state index is 12.8. The van der Waals surface area contributed by atoms with Crippen molar-refractivity contribution in [3.8, 4) is 0 Å². The Labute approximate surface area is 403 Å². The number of allylic oxidation sites excluding steroid dienone is 6. The van der Waals surface area contributed by atoms with E-state index in [9.17, 15) is 28.9 Å². The van der Waals surface area contributed by atoms with E-state index < -0.39 is 57.8 Å². The van der Waals surface area contributed by atoms with Crippen LogP contribution in [0.2, 0.25) is 0 Å². The van der Waals surface area contributed by atoms with Crippen molar-refractivity contribution in [3.05, 3.63) is 36.5 Å². The smallest absolute Gasteiger partial charge is 0.462 e. The molecular weight excluding hydrogens is 856 g/mol. The number of ether oxygens (including phenoxy) is 3. The Morgan fingerprint density at radius 1 is 0.439 bits per heavy atom. The van der Waals surface area contributed by atoms with Crippen LogP contribution in [0.4, 0.5) is 0 Å². The first-order valence-electron chi connectivity index (χ1n) is 26.9. The number of phosphoric ester groups is 1. The predicted octanol–water partition coefficient (Wildman–Crippen LogP) is 15.3. The number of unbranched alkanes of at least 4 members (excludes halogenated alkanes) is 27. The fourth-order valence-corrected chi connectivity index (χ4v) is 8.27. The quantitative estimate of drug-likeness (QED) is 0.0197. The number of rotatable bonds is 50. The Morgan fingerprint density at radius 2 is 0.788 bits per heavy atom. The monoisotopic (exact) mass is 955 g/mol. The SMILES string of the molecule is CC/C=C\C/C=C\C/C=C\CCCCCCCC(=O)OC(COC(=O)CCCCCCCCCCCCCCC)COP(=O)(O)OCC(CO)OC(=O)CCCCCCCCCCCCC. The van der Waals surface area contributed by atoms with Crippen molar-refractivity contribution in [1.29, 1.82) is 0 Å². The van der Waals surface area contributed by atoms with E-state index in [4.69, 9.17) is 23.3 Å². The van der Waals surface area contributed by atoms with Crippen molar-refractivity contribution in [3.63, 3.8) is 0 Å². The van der Waals surface area contributed by atoms with Gasteiger partial charge in [-0.25, -0.2) is 4.57 Å². The highest BCUT2D eigenvalue weighted by Gasteiger charge is 2.28. The average molecular weight is 955 g/mol. The lowest BCUT2D eigenvalue weighted by Crippen LogP contribution is -2.30. The summed E-state index contributed by atoms with van der Waals surface area (Å²) in [4.78, 5) is 48.3. The van der Waals surface area contributed by atoms with Crippen LogP contribution in [-0.4, -0.2) is 66.5 Å². The number of carbonyl (C=O) groups is 3. The lowest BCUT2D eigenvalue weighted by molar-refractivity contribution is -0.161. The summed E-state index contributed by atoms with van der Waals surface area (Å²) in [6.07, 6.45) is 48.2. The Morgan fingerprint density at radius 3 is 1.21 bits per heavy atom. The number of aliphatic hydroxyl groups excluding tert-OH is 1. The molecule has 0 aliphatic heterocycles. The van der Waals surface area contributed by atoms with Crippen molar-refractivity contribution in [2.75, 3.05) is 26.4 Å². The van der Waals surface area contributed by atoms with Crippen LogP contribution in [0.1, 0.15) is 252 Å². The molecule has 0 saturated heterocycles. The van der Waals surface area contributed by atoms with Crippen molar-refractivity contribution in [2.45, 2.75) is 264 Å². The Kier molecular flexibility index (Phi) is 47.4. The maximum Gasteiger partial charge on any atom is 0.472 e. The zero-order chi connectivity index (χ0) is 48.4. The van der Waals surface area contributed by atoms with Crippen LogP contribution in [0.5, 0.6) is 0 Å². The van der Waals surface area contributed by atoms with Gasteiger partial charge in [0.05, 0.1) is 19.8 Å². The highest BCUT2D eigenvalue weighted by atomic mass is 31.2. The summed E-state index contributed by atoms with van der Waals surface area (Å²) in [6, 6.07) is 0. The van der Waals surface area contributed by atoms with E-state index >= 15 is 0 Å². The van der Waals surface area contributed by atoms with Gasteiger partial charge in [-0.05, 0) is 51.4 Å². The highest BCUT2D eigenvalue weighted by Crippen LogP contribution is 2.43. The molecule has 2 N–H and O–H groups in total. The minimum absolute atomic E-state index is 0.152. The molecule has 0 amide bonds.